The number of unbranched alkanes of at least 4 members (excludes halogenated alkanes) is 14. The molecule has 68 heavy (non-hydrogen) atoms. The van der Waals surface area contributed by atoms with E-state index in [1.807, 2.05) is 40.2 Å². The minimum absolute atomic E-state index is 0.0160. The summed E-state index contributed by atoms with van der Waals surface area (Å²) in [6.45, 7) is 4.24. The lowest BCUT2D eigenvalue weighted by Crippen LogP contribution is -2.45. The van der Waals surface area contributed by atoms with Gasteiger partial charge in [0, 0.05) is 6.42 Å². The van der Waals surface area contributed by atoms with E-state index in [1.54, 1.807) is 6.08 Å². The molecule has 0 heterocycles. The number of nitrogens with zero attached hydrogens (tertiary/aromatic N) is 1. The monoisotopic (exact) mass is 963 g/mol. The Morgan fingerprint density at radius 1 is 0.544 bits per heavy atom. The molecule has 0 spiro atoms. The molecule has 0 aliphatic rings. The van der Waals surface area contributed by atoms with Crippen molar-refractivity contribution >= 4 is 13.7 Å². The highest BCUT2D eigenvalue weighted by molar-refractivity contribution is 7.45. The number of amides is 1. The SMILES string of the molecule is C/C=C/CC/C=C/CC/C=C/C(O)C(COP(=O)([O-])OCC[N+](C)(C)C)NC(=O)CCCCCCCCCCCCCC/C=C\C/C=C\C/C=C\C/C=C\C/C=C\C/C=C\C/C=C\C/C=C\CC. The first-order chi connectivity index (χ1) is 33.0. The molecule has 0 saturated heterocycles. The molecule has 2 N–H and O–H groups in total. The summed E-state index contributed by atoms with van der Waals surface area (Å²) in [5.41, 5.74) is 0. The van der Waals surface area contributed by atoms with Crippen molar-refractivity contribution in [1.29, 1.82) is 0 Å². The highest BCUT2D eigenvalue weighted by atomic mass is 31.2. The van der Waals surface area contributed by atoms with Crippen LogP contribution in [0.15, 0.2) is 134 Å². The van der Waals surface area contributed by atoms with E-state index in [9.17, 15) is 19.4 Å². The summed E-state index contributed by atoms with van der Waals surface area (Å²) in [5.74, 6) is -0.224. The zero-order valence-corrected chi connectivity index (χ0v) is 44.6. The number of hydrogen-bond acceptors (Lipinski definition) is 6. The Morgan fingerprint density at radius 2 is 0.926 bits per heavy atom. The second-order valence-corrected chi connectivity index (χ2v) is 19.9. The minimum atomic E-state index is -4.60. The van der Waals surface area contributed by atoms with E-state index in [2.05, 4.69) is 128 Å². The number of hydrogen-bond donors (Lipinski definition) is 2. The lowest BCUT2D eigenvalue weighted by atomic mass is 10.0. The number of likely N-dealkylation sites (N-methyl/N-ethyl adjacent to an activating group) is 1. The van der Waals surface area contributed by atoms with Crippen LogP contribution >= 0.6 is 7.82 Å². The fraction of sp³-hybridized carbons (Fsp3) is 0.610. The molecule has 3 atom stereocenters. The number of rotatable bonds is 46. The van der Waals surface area contributed by atoms with Crippen LogP contribution in [0.5, 0.6) is 0 Å². The van der Waals surface area contributed by atoms with Gasteiger partial charge < -0.3 is 28.8 Å². The van der Waals surface area contributed by atoms with Crippen LogP contribution < -0.4 is 10.2 Å². The lowest BCUT2D eigenvalue weighted by Gasteiger charge is -2.29. The maximum Gasteiger partial charge on any atom is 0.268 e. The number of carbonyl (C=O) groups is 1. The largest absolute Gasteiger partial charge is 0.756 e. The second-order valence-electron chi connectivity index (χ2n) is 18.5. The van der Waals surface area contributed by atoms with Crippen LogP contribution in [0.4, 0.5) is 0 Å². The molecule has 3 unspecified atom stereocenters. The van der Waals surface area contributed by atoms with Gasteiger partial charge in [-0.2, -0.15) is 0 Å². The van der Waals surface area contributed by atoms with E-state index >= 15 is 0 Å². The number of phosphoric ester groups is 1. The van der Waals surface area contributed by atoms with Gasteiger partial charge in [-0.05, 0) is 103 Å². The highest BCUT2D eigenvalue weighted by Crippen LogP contribution is 2.38. The van der Waals surface area contributed by atoms with Gasteiger partial charge in [0.2, 0.25) is 5.91 Å². The Labute approximate surface area is 417 Å². The van der Waals surface area contributed by atoms with Gasteiger partial charge in [0.15, 0.2) is 0 Å². The Hall–Kier alpha value is -3.36. The zero-order valence-electron chi connectivity index (χ0n) is 43.7. The third kappa shape index (κ3) is 50.5. The number of quaternary nitrogens is 1. The summed E-state index contributed by atoms with van der Waals surface area (Å²) in [6.07, 6.45) is 74.2. The molecular formula is C59H99N2O6P. The summed E-state index contributed by atoms with van der Waals surface area (Å²) in [5, 5.41) is 13.7. The van der Waals surface area contributed by atoms with E-state index in [0.717, 1.165) is 96.3 Å². The molecule has 0 rings (SSSR count). The Bertz CT molecular complexity index is 1560. The Kier molecular flexibility index (Phi) is 46.3. The molecule has 9 heteroatoms. The number of aliphatic hydroxyl groups excluding tert-OH is 1. The highest BCUT2D eigenvalue weighted by Gasteiger charge is 2.23. The van der Waals surface area contributed by atoms with Gasteiger partial charge in [-0.3, -0.25) is 9.36 Å². The van der Waals surface area contributed by atoms with Gasteiger partial charge in [0.1, 0.15) is 13.2 Å². The molecule has 0 radical (unpaired) electrons. The fourth-order valence-corrected chi connectivity index (χ4v) is 7.52. The molecule has 1 amide bonds. The van der Waals surface area contributed by atoms with Crippen LogP contribution in [-0.2, 0) is 18.4 Å². The van der Waals surface area contributed by atoms with Crippen LogP contribution in [0.1, 0.15) is 181 Å². The molecule has 0 aliphatic carbocycles. The molecule has 8 nitrogen and oxygen atoms in total. The van der Waals surface area contributed by atoms with E-state index in [1.165, 1.54) is 64.2 Å². The van der Waals surface area contributed by atoms with Gasteiger partial charge in [-0.25, -0.2) is 0 Å². The smallest absolute Gasteiger partial charge is 0.268 e. The number of aliphatic hydroxyl groups is 1. The minimum Gasteiger partial charge on any atom is -0.756 e. The van der Waals surface area contributed by atoms with Gasteiger partial charge in [-0.15, -0.1) is 0 Å². The second kappa shape index (κ2) is 48.7. The predicted molar refractivity (Wildman–Crippen MR) is 292 cm³/mol. The number of phosphoric acid groups is 1. The lowest BCUT2D eigenvalue weighted by molar-refractivity contribution is -0.870. The van der Waals surface area contributed by atoms with Crippen molar-refractivity contribution < 1.29 is 32.9 Å². The van der Waals surface area contributed by atoms with Gasteiger partial charge in [0.05, 0.1) is 39.9 Å². The normalized spacial score (nSPS) is 15.1. The molecule has 0 aromatic rings. The van der Waals surface area contributed by atoms with E-state index in [-0.39, 0.29) is 12.5 Å². The van der Waals surface area contributed by atoms with Crippen molar-refractivity contribution in [3.8, 4) is 0 Å². The van der Waals surface area contributed by atoms with E-state index < -0.39 is 26.6 Å². The number of carbonyl (C=O) groups excluding carboxylic acids is 1. The van der Waals surface area contributed by atoms with Crippen molar-refractivity contribution in [2.45, 2.75) is 193 Å². The molecule has 0 aliphatic heterocycles. The molecular weight excluding hydrogens is 864 g/mol. The average Bonchev–Trinajstić information content (AvgIpc) is 3.30. The standard InChI is InChI=1S/C59H99N2O6P/c1-6-8-10-12-14-16-17-18-19-20-21-22-23-24-25-26-27-28-29-30-31-32-33-34-35-36-37-38-39-40-41-42-43-45-47-49-51-53-59(63)60-57(56-67-68(64,65)66-55-54-61(3,4)5)58(62)52-50-48-46-44-15-13-11-9-7-2/h7-10,14-16,18-19,21-22,24-25,27-28,30-31,33-34,44,50,52,57-58,62H,6,11-13,17,20,23,26,29,32,35-43,45-49,51,53-56H2,1-5H3,(H-,60,63,64,65)/b9-7+,10-8-,16-14-,19-18-,22-21-,25-24-,28-27-,31-30-,34-33-,44-15+,52-50+. The summed E-state index contributed by atoms with van der Waals surface area (Å²) in [6, 6.07) is -0.917. The van der Waals surface area contributed by atoms with E-state index in [4.69, 9.17) is 9.05 Å². The Morgan fingerprint density at radius 3 is 1.37 bits per heavy atom. The average molecular weight is 963 g/mol. The van der Waals surface area contributed by atoms with Crippen molar-refractivity contribution in [3.05, 3.63) is 134 Å². The first-order valence-corrected chi connectivity index (χ1v) is 28.0. The molecule has 0 aromatic carbocycles. The molecule has 386 valence electrons. The van der Waals surface area contributed by atoms with Crippen LogP contribution in [0.3, 0.4) is 0 Å². The van der Waals surface area contributed by atoms with Crippen molar-refractivity contribution in [2.24, 2.45) is 0 Å². The van der Waals surface area contributed by atoms with Crippen molar-refractivity contribution in [1.82, 2.24) is 5.32 Å². The maximum atomic E-state index is 12.9. The summed E-state index contributed by atoms with van der Waals surface area (Å²) in [7, 11) is 1.21. The van der Waals surface area contributed by atoms with Gasteiger partial charge in [0.25, 0.3) is 7.82 Å². The molecule has 0 aromatic heterocycles. The van der Waals surface area contributed by atoms with Gasteiger partial charge in [-0.1, -0.05) is 205 Å². The number of nitrogens with one attached hydrogen (secondary N) is 1. The molecule has 0 fully saturated rings. The van der Waals surface area contributed by atoms with Crippen molar-refractivity contribution in [2.75, 3.05) is 40.9 Å². The third-order valence-corrected chi connectivity index (χ3v) is 11.9. The summed E-state index contributed by atoms with van der Waals surface area (Å²) < 4.78 is 23.1. The van der Waals surface area contributed by atoms with Crippen LogP contribution in [0.2, 0.25) is 0 Å². The van der Waals surface area contributed by atoms with Crippen LogP contribution in [0, 0.1) is 0 Å². The van der Waals surface area contributed by atoms with Crippen LogP contribution in [0.25, 0.3) is 0 Å². The maximum absolute atomic E-state index is 12.9. The van der Waals surface area contributed by atoms with Crippen LogP contribution in [-0.4, -0.2) is 68.5 Å². The Balaban J connectivity index is 4.04. The summed E-state index contributed by atoms with van der Waals surface area (Å²) in [4.78, 5) is 25.3. The first kappa shape index (κ1) is 64.6. The van der Waals surface area contributed by atoms with Crippen molar-refractivity contribution in [3.63, 3.8) is 0 Å². The third-order valence-electron chi connectivity index (χ3n) is 10.9. The number of allylic oxidation sites excluding steroid dienone is 21. The molecule has 0 saturated carbocycles. The summed E-state index contributed by atoms with van der Waals surface area (Å²) >= 11 is 0. The quantitative estimate of drug-likeness (QED) is 0.0272. The van der Waals surface area contributed by atoms with Gasteiger partial charge >= 0.3 is 0 Å². The van der Waals surface area contributed by atoms with E-state index in [0.29, 0.717) is 17.4 Å². The fourth-order valence-electron chi connectivity index (χ4n) is 6.79. The zero-order chi connectivity index (χ0) is 49.9. The first-order valence-electron chi connectivity index (χ1n) is 26.5. The molecule has 0 bridgehead atoms. The topological polar surface area (TPSA) is 108 Å². The predicted octanol–water partition coefficient (Wildman–Crippen LogP) is 15.3.